The van der Waals surface area contributed by atoms with Crippen molar-refractivity contribution in [2.45, 2.75) is 58.3 Å². The van der Waals surface area contributed by atoms with E-state index >= 15 is 0 Å². The highest BCUT2D eigenvalue weighted by atomic mass is 16.5. The second-order valence-corrected chi connectivity index (χ2v) is 5.52. The van der Waals surface area contributed by atoms with Gasteiger partial charge in [0.2, 0.25) is 0 Å². The predicted octanol–water partition coefficient (Wildman–Crippen LogP) is 3.08. The summed E-state index contributed by atoms with van der Waals surface area (Å²) < 4.78 is 5.71. The number of hydrogen-bond donors (Lipinski definition) is 1. The van der Waals surface area contributed by atoms with E-state index in [9.17, 15) is 5.11 Å². The average Bonchev–Trinajstić information content (AvgIpc) is 2.19. The topological polar surface area (TPSA) is 29.5 Å². The Bertz CT molecular complexity index is 401. The van der Waals surface area contributed by atoms with Crippen LogP contribution in [0.5, 0.6) is 0 Å². The Kier molecular flexibility index (Phi) is 3.28. The lowest BCUT2D eigenvalue weighted by molar-refractivity contribution is -0.136. The SMILES string of the molecule is Cc1ccc(C)c(C2(O)CC(C)OC(C)C2)c1. The maximum atomic E-state index is 10.9. The van der Waals surface area contributed by atoms with Crippen molar-refractivity contribution in [3.63, 3.8) is 0 Å². The molecule has 1 aromatic carbocycles. The van der Waals surface area contributed by atoms with Crippen molar-refractivity contribution < 1.29 is 9.84 Å². The lowest BCUT2D eigenvalue weighted by Crippen LogP contribution is -2.41. The molecule has 1 fully saturated rings. The highest BCUT2D eigenvalue weighted by Gasteiger charge is 2.39. The number of hydrogen-bond acceptors (Lipinski definition) is 2. The molecular weight excluding hydrogens is 212 g/mol. The minimum atomic E-state index is -0.729. The number of ether oxygens (including phenoxy) is 1. The minimum absolute atomic E-state index is 0.115. The maximum Gasteiger partial charge on any atom is 0.0948 e. The molecule has 0 radical (unpaired) electrons. The Morgan fingerprint density at radius 3 is 2.35 bits per heavy atom. The van der Waals surface area contributed by atoms with Crippen LogP contribution < -0.4 is 0 Å². The lowest BCUT2D eigenvalue weighted by Gasteiger charge is -2.40. The zero-order valence-corrected chi connectivity index (χ0v) is 11.2. The Labute approximate surface area is 104 Å². The normalized spacial score (nSPS) is 33.7. The summed E-state index contributed by atoms with van der Waals surface area (Å²) in [5.74, 6) is 0. The molecule has 0 aromatic heterocycles. The molecule has 2 heteroatoms. The second-order valence-electron chi connectivity index (χ2n) is 5.52. The van der Waals surface area contributed by atoms with Crippen LogP contribution in [0.4, 0.5) is 0 Å². The summed E-state index contributed by atoms with van der Waals surface area (Å²) in [5, 5.41) is 10.9. The first-order valence-electron chi connectivity index (χ1n) is 6.36. The van der Waals surface area contributed by atoms with Crippen LogP contribution in [-0.4, -0.2) is 17.3 Å². The molecule has 2 atom stereocenters. The molecular formula is C15H22O2. The van der Waals surface area contributed by atoms with Gasteiger partial charge in [-0.1, -0.05) is 23.8 Å². The van der Waals surface area contributed by atoms with Gasteiger partial charge in [-0.2, -0.15) is 0 Å². The van der Waals surface area contributed by atoms with Gasteiger partial charge in [0.1, 0.15) is 0 Å². The standard InChI is InChI=1S/C15H22O2/c1-10-5-6-11(2)14(7-10)15(16)8-12(3)17-13(4)9-15/h5-7,12-13,16H,8-9H2,1-4H3. The monoisotopic (exact) mass is 234 g/mol. The molecule has 0 bridgehead atoms. The van der Waals surface area contributed by atoms with Crippen molar-refractivity contribution in [3.8, 4) is 0 Å². The molecule has 1 saturated heterocycles. The van der Waals surface area contributed by atoms with Gasteiger partial charge >= 0.3 is 0 Å². The highest BCUT2D eigenvalue weighted by molar-refractivity contribution is 5.35. The van der Waals surface area contributed by atoms with Gasteiger partial charge in [-0.25, -0.2) is 0 Å². The predicted molar refractivity (Wildman–Crippen MR) is 69.1 cm³/mol. The van der Waals surface area contributed by atoms with E-state index in [2.05, 4.69) is 32.0 Å². The Morgan fingerprint density at radius 1 is 1.18 bits per heavy atom. The first kappa shape index (κ1) is 12.6. The summed E-state index contributed by atoms with van der Waals surface area (Å²) in [7, 11) is 0. The van der Waals surface area contributed by atoms with E-state index in [0.29, 0.717) is 12.8 Å². The fourth-order valence-corrected chi connectivity index (χ4v) is 2.98. The average molecular weight is 234 g/mol. The summed E-state index contributed by atoms with van der Waals surface area (Å²) >= 11 is 0. The van der Waals surface area contributed by atoms with Crippen molar-refractivity contribution >= 4 is 0 Å². The largest absolute Gasteiger partial charge is 0.385 e. The molecule has 2 rings (SSSR count). The Balaban J connectivity index is 2.39. The van der Waals surface area contributed by atoms with Gasteiger partial charge in [-0.05, 0) is 38.8 Å². The molecule has 2 nitrogen and oxygen atoms in total. The molecule has 94 valence electrons. The number of rotatable bonds is 1. The summed E-state index contributed by atoms with van der Waals surface area (Å²) in [4.78, 5) is 0. The van der Waals surface area contributed by atoms with Crippen LogP contribution in [0.15, 0.2) is 18.2 Å². The van der Waals surface area contributed by atoms with Crippen molar-refractivity contribution in [2.75, 3.05) is 0 Å². The highest BCUT2D eigenvalue weighted by Crippen LogP contribution is 2.38. The van der Waals surface area contributed by atoms with Crippen LogP contribution in [0.25, 0.3) is 0 Å². The molecule has 0 spiro atoms. The molecule has 1 aliphatic rings. The molecule has 1 N–H and O–H groups in total. The molecule has 1 aromatic rings. The maximum absolute atomic E-state index is 10.9. The quantitative estimate of drug-likeness (QED) is 0.809. The third-order valence-corrected chi connectivity index (χ3v) is 3.61. The lowest BCUT2D eigenvalue weighted by atomic mass is 9.79. The van der Waals surface area contributed by atoms with Crippen LogP contribution in [0.2, 0.25) is 0 Å². The van der Waals surface area contributed by atoms with Crippen LogP contribution >= 0.6 is 0 Å². The summed E-state index contributed by atoms with van der Waals surface area (Å²) in [6.07, 6.45) is 1.59. The first-order valence-corrected chi connectivity index (χ1v) is 6.36. The smallest absolute Gasteiger partial charge is 0.0948 e. The molecule has 0 amide bonds. The van der Waals surface area contributed by atoms with E-state index in [0.717, 1.165) is 5.56 Å². The molecule has 17 heavy (non-hydrogen) atoms. The minimum Gasteiger partial charge on any atom is -0.385 e. The van der Waals surface area contributed by atoms with E-state index in [4.69, 9.17) is 4.74 Å². The van der Waals surface area contributed by atoms with Crippen molar-refractivity contribution in [1.82, 2.24) is 0 Å². The van der Waals surface area contributed by atoms with Gasteiger partial charge < -0.3 is 9.84 Å². The van der Waals surface area contributed by atoms with Crippen LogP contribution in [0.1, 0.15) is 43.4 Å². The van der Waals surface area contributed by atoms with Gasteiger partial charge in [0, 0.05) is 12.8 Å². The molecule has 1 aliphatic heterocycles. The van der Waals surface area contributed by atoms with Gasteiger partial charge in [0.15, 0.2) is 0 Å². The van der Waals surface area contributed by atoms with Gasteiger partial charge in [0.05, 0.1) is 17.8 Å². The van der Waals surface area contributed by atoms with Crippen LogP contribution in [0, 0.1) is 13.8 Å². The summed E-state index contributed by atoms with van der Waals surface area (Å²) in [6, 6.07) is 6.29. The van der Waals surface area contributed by atoms with Crippen molar-refractivity contribution in [2.24, 2.45) is 0 Å². The van der Waals surface area contributed by atoms with Crippen molar-refractivity contribution in [1.29, 1.82) is 0 Å². The number of aliphatic hydroxyl groups is 1. The molecule has 1 heterocycles. The van der Waals surface area contributed by atoms with Crippen LogP contribution in [-0.2, 0) is 10.3 Å². The van der Waals surface area contributed by atoms with Crippen LogP contribution in [0.3, 0.4) is 0 Å². The Hall–Kier alpha value is -0.860. The zero-order chi connectivity index (χ0) is 12.6. The fourth-order valence-electron chi connectivity index (χ4n) is 2.98. The fraction of sp³-hybridized carbons (Fsp3) is 0.600. The van der Waals surface area contributed by atoms with E-state index in [1.807, 2.05) is 13.8 Å². The summed E-state index contributed by atoms with van der Waals surface area (Å²) in [5.41, 5.74) is 2.71. The third-order valence-electron chi connectivity index (χ3n) is 3.61. The Morgan fingerprint density at radius 2 is 1.76 bits per heavy atom. The molecule has 0 aliphatic carbocycles. The van der Waals surface area contributed by atoms with Gasteiger partial charge in [-0.15, -0.1) is 0 Å². The van der Waals surface area contributed by atoms with E-state index in [1.54, 1.807) is 0 Å². The number of benzene rings is 1. The molecule has 0 saturated carbocycles. The molecule has 2 unspecified atom stereocenters. The zero-order valence-electron chi connectivity index (χ0n) is 11.2. The van der Waals surface area contributed by atoms with Gasteiger partial charge in [0.25, 0.3) is 0 Å². The van der Waals surface area contributed by atoms with Crippen molar-refractivity contribution in [3.05, 3.63) is 34.9 Å². The second kappa shape index (κ2) is 4.43. The number of aryl methyl sites for hydroxylation is 2. The third kappa shape index (κ3) is 2.53. The summed E-state index contributed by atoms with van der Waals surface area (Å²) in [6.45, 7) is 8.20. The van der Waals surface area contributed by atoms with E-state index < -0.39 is 5.60 Å². The van der Waals surface area contributed by atoms with E-state index in [-0.39, 0.29) is 12.2 Å². The first-order chi connectivity index (χ1) is 7.90. The van der Waals surface area contributed by atoms with E-state index in [1.165, 1.54) is 11.1 Å². The van der Waals surface area contributed by atoms with Gasteiger partial charge in [-0.3, -0.25) is 0 Å².